The second-order valence-electron chi connectivity index (χ2n) is 15.9. The fraction of sp³-hybridized carbons (Fsp3) is 0.694. The van der Waals surface area contributed by atoms with E-state index < -0.39 is 5.82 Å². The Hall–Kier alpha value is -3.14. The summed E-state index contributed by atoms with van der Waals surface area (Å²) in [6.45, 7) is 13.0. The Labute approximate surface area is 272 Å². The highest BCUT2D eigenvalue weighted by Gasteiger charge is 2.60. The van der Waals surface area contributed by atoms with Crippen molar-refractivity contribution in [3.63, 3.8) is 0 Å². The summed E-state index contributed by atoms with van der Waals surface area (Å²) in [6, 6.07) is 3.89. The van der Waals surface area contributed by atoms with Crippen molar-refractivity contribution in [3.8, 4) is 11.6 Å². The topological polar surface area (TPSA) is 91.8 Å². The zero-order valence-corrected chi connectivity index (χ0v) is 27.9. The van der Waals surface area contributed by atoms with E-state index in [1.165, 1.54) is 63.2 Å². The van der Waals surface area contributed by atoms with Crippen molar-refractivity contribution >= 4 is 17.5 Å². The van der Waals surface area contributed by atoms with Crippen molar-refractivity contribution in [3.05, 3.63) is 35.9 Å². The van der Waals surface area contributed by atoms with Gasteiger partial charge in [0.2, 0.25) is 0 Å². The Morgan fingerprint density at radius 3 is 2.35 bits per heavy atom. The van der Waals surface area contributed by atoms with Gasteiger partial charge in [0.25, 0.3) is 11.8 Å². The summed E-state index contributed by atoms with van der Waals surface area (Å²) in [5, 5.41) is 8.21. The highest BCUT2D eigenvalue weighted by atomic mass is 19.1. The van der Waals surface area contributed by atoms with E-state index in [0.29, 0.717) is 17.0 Å². The van der Waals surface area contributed by atoms with Crippen LogP contribution in [0.4, 0.5) is 10.2 Å². The Kier molecular flexibility index (Phi) is 8.09. The van der Waals surface area contributed by atoms with E-state index in [1.807, 2.05) is 27.7 Å². The lowest BCUT2D eigenvalue weighted by atomic mass is 9.68. The maximum Gasteiger partial charge on any atom is 0.282 e. The molecule has 0 unspecified atom stereocenters. The molecule has 5 fully saturated rings. The number of anilines is 1. The molecule has 3 heterocycles. The second kappa shape index (κ2) is 11.8. The smallest absolute Gasteiger partial charge is 0.282 e. The van der Waals surface area contributed by atoms with Crippen LogP contribution in [0.2, 0.25) is 0 Å². The van der Waals surface area contributed by atoms with Crippen LogP contribution >= 0.6 is 0 Å². The quantitative estimate of drug-likeness (QED) is 0.336. The lowest BCUT2D eigenvalue weighted by Crippen LogP contribution is -2.61. The van der Waals surface area contributed by atoms with Crippen molar-refractivity contribution in [2.75, 3.05) is 37.6 Å². The first-order chi connectivity index (χ1) is 22.0. The fourth-order valence-corrected chi connectivity index (χ4v) is 9.25. The van der Waals surface area contributed by atoms with E-state index in [2.05, 4.69) is 25.0 Å². The van der Waals surface area contributed by atoms with Gasteiger partial charge in [-0.05, 0) is 128 Å². The third-order valence-electron chi connectivity index (χ3n) is 11.9. The van der Waals surface area contributed by atoms with Crippen LogP contribution in [0.5, 0.6) is 11.6 Å². The second-order valence-corrected chi connectivity index (χ2v) is 15.9. The van der Waals surface area contributed by atoms with Crippen LogP contribution in [0.3, 0.4) is 0 Å². The van der Waals surface area contributed by atoms with Gasteiger partial charge in [-0.25, -0.2) is 9.37 Å². The predicted molar refractivity (Wildman–Crippen MR) is 173 cm³/mol. The molecule has 0 bridgehead atoms. The third-order valence-corrected chi connectivity index (χ3v) is 11.9. The Bertz CT molecular complexity index is 1460. The number of carbonyl (C=O) groups is 2. The number of aromatic nitrogens is 3. The number of rotatable bonds is 8. The predicted octanol–water partition coefficient (Wildman–Crippen LogP) is 6.28. The normalized spacial score (nSPS) is 26.7. The van der Waals surface area contributed by atoms with E-state index in [0.717, 1.165) is 64.2 Å². The molecular formula is C36H49FN6O3. The van der Waals surface area contributed by atoms with Crippen LogP contribution in [0.1, 0.15) is 102 Å². The van der Waals surface area contributed by atoms with Gasteiger partial charge in [0.15, 0.2) is 5.82 Å². The van der Waals surface area contributed by atoms with Gasteiger partial charge in [0.1, 0.15) is 23.7 Å². The fourth-order valence-electron chi connectivity index (χ4n) is 9.25. The SMILES string of the molecule is CC(C)N(C(=O)c1cc(F)ccc1Oc1nncnc1N1CC2(CCN(CC3CCC4(CC3)CC(=O)C3(CC3)C4)CC2)C1)C(C)C. The zero-order valence-electron chi connectivity index (χ0n) is 27.9. The maximum absolute atomic E-state index is 14.4. The number of Topliss-reactive ketones (excluding diaryl/α,β-unsaturated/α-hetero) is 1. The molecule has 2 aromatic rings. The van der Waals surface area contributed by atoms with Gasteiger partial charge in [-0.15, -0.1) is 10.2 Å². The lowest BCUT2D eigenvalue weighted by Gasteiger charge is -2.54. The molecule has 5 aliphatic rings. The van der Waals surface area contributed by atoms with Crippen LogP contribution in [0.25, 0.3) is 0 Å². The van der Waals surface area contributed by atoms with Crippen LogP contribution in [-0.2, 0) is 4.79 Å². The molecular weight excluding hydrogens is 583 g/mol. The number of amides is 1. The van der Waals surface area contributed by atoms with Crippen molar-refractivity contribution in [2.24, 2.45) is 22.2 Å². The van der Waals surface area contributed by atoms with Gasteiger partial charge in [-0.2, -0.15) is 0 Å². The molecule has 1 amide bonds. The standard InChI is InChI=1S/C36H49FN6O3/c1-24(2)43(25(3)4)33(45)28-17-27(37)5-6-29(28)46-32-31(38-23-39-40-32)42-21-35(22-42)13-15-41(16-14-35)19-26-7-9-34(10-8-26)18-30(44)36(20-34)11-12-36/h5-6,17,23-26H,7-16,18-22H2,1-4H3. The summed E-state index contributed by atoms with van der Waals surface area (Å²) in [5.41, 5.74) is 0.860. The molecule has 46 heavy (non-hydrogen) atoms. The van der Waals surface area contributed by atoms with Crippen molar-refractivity contribution in [1.82, 2.24) is 25.0 Å². The van der Waals surface area contributed by atoms with Crippen LogP contribution < -0.4 is 9.64 Å². The van der Waals surface area contributed by atoms with E-state index in [-0.39, 0.29) is 46.0 Å². The van der Waals surface area contributed by atoms with E-state index in [1.54, 1.807) is 4.90 Å². The number of benzene rings is 1. The number of hydrogen-bond donors (Lipinski definition) is 0. The molecule has 0 radical (unpaired) electrons. The summed E-state index contributed by atoms with van der Waals surface area (Å²) >= 11 is 0. The molecule has 0 atom stereocenters. The molecule has 3 saturated carbocycles. The monoisotopic (exact) mass is 632 g/mol. The summed E-state index contributed by atoms with van der Waals surface area (Å²) in [6.07, 6.45) is 13.1. The van der Waals surface area contributed by atoms with Crippen LogP contribution in [0, 0.1) is 28.0 Å². The molecule has 3 spiro atoms. The number of ether oxygens (including phenoxy) is 1. The van der Waals surface area contributed by atoms with Crippen molar-refractivity contribution < 1.29 is 18.7 Å². The Balaban J connectivity index is 0.943. The average molecular weight is 633 g/mol. The lowest BCUT2D eigenvalue weighted by molar-refractivity contribution is -0.122. The third kappa shape index (κ3) is 5.90. The molecule has 9 nitrogen and oxygen atoms in total. The number of nitrogens with zero attached hydrogens (tertiary/aromatic N) is 6. The zero-order chi connectivity index (χ0) is 32.3. The first kappa shape index (κ1) is 31.5. The maximum atomic E-state index is 14.4. The number of piperidine rings is 1. The summed E-state index contributed by atoms with van der Waals surface area (Å²) in [5.74, 6) is 1.61. The van der Waals surface area contributed by atoms with Gasteiger partial charge in [-0.1, -0.05) is 0 Å². The van der Waals surface area contributed by atoms with E-state index in [4.69, 9.17) is 4.74 Å². The summed E-state index contributed by atoms with van der Waals surface area (Å²) in [7, 11) is 0. The summed E-state index contributed by atoms with van der Waals surface area (Å²) in [4.78, 5) is 37.2. The number of halogens is 1. The van der Waals surface area contributed by atoms with Crippen molar-refractivity contribution in [2.45, 2.75) is 104 Å². The molecule has 2 aliphatic heterocycles. The molecule has 248 valence electrons. The number of hydrogen-bond acceptors (Lipinski definition) is 8. The van der Waals surface area contributed by atoms with Crippen molar-refractivity contribution in [1.29, 1.82) is 0 Å². The summed E-state index contributed by atoms with van der Waals surface area (Å²) < 4.78 is 20.6. The highest BCUT2D eigenvalue weighted by molar-refractivity contribution is 5.97. The molecule has 1 aromatic heterocycles. The minimum absolute atomic E-state index is 0.0606. The molecule has 7 rings (SSSR count). The minimum Gasteiger partial charge on any atom is -0.434 e. The van der Waals surface area contributed by atoms with Gasteiger partial charge in [-0.3, -0.25) is 9.59 Å². The molecule has 2 saturated heterocycles. The molecule has 0 N–H and O–H groups in total. The van der Waals surface area contributed by atoms with Gasteiger partial charge < -0.3 is 19.4 Å². The van der Waals surface area contributed by atoms with E-state index in [9.17, 15) is 14.0 Å². The Morgan fingerprint density at radius 2 is 1.72 bits per heavy atom. The van der Waals surface area contributed by atoms with Gasteiger partial charge in [0.05, 0.1) is 5.56 Å². The molecule has 10 heteroatoms. The average Bonchev–Trinajstić information content (AvgIpc) is 3.73. The highest BCUT2D eigenvalue weighted by Crippen LogP contribution is 2.65. The minimum atomic E-state index is -0.499. The number of ketones is 1. The molecule has 3 aliphatic carbocycles. The van der Waals surface area contributed by atoms with E-state index >= 15 is 0 Å². The Morgan fingerprint density at radius 1 is 1.02 bits per heavy atom. The molecule has 1 aromatic carbocycles. The number of carbonyl (C=O) groups excluding carboxylic acids is 2. The van der Waals surface area contributed by atoms with Crippen LogP contribution in [0.15, 0.2) is 24.5 Å². The van der Waals surface area contributed by atoms with Gasteiger partial charge in [0, 0.05) is 49.0 Å². The first-order valence-electron chi connectivity index (χ1n) is 17.5. The van der Waals surface area contributed by atoms with Gasteiger partial charge >= 0.3 is 0 Å². The largest absolute Gasteiger partial charge is 0.434 e. The first-order valence-corrected chi connectivity index (χ1v) is 17.5. The number of likely N-dealkylation sites (tertiary alicyclic amines) is 1. The van der Waals surface area contributed by atoms with Crippen LogP contribution in [-0.4, -0.2) is 81.5 Å².